The van der Waals surface area contributed by atoms with Gasteiger partial charge in [0.1, 0.15) is 0 Å². The van der Waals surface area contributed by atoms with Crippen molar-refractivity contribution in [3.63, 3.8) is 0 Å². The third-order valence-corrected chi connectivity index (χ3v) is 2.57. The second kappa shape index (κ2) is 5.66. The van der Waals surface area contributed by atoms with Crippen LogP contribution in [0.25, 0.3) is 0 Å². The maximum Gasteiger partial charge on any atom is 0.167 e. The van der Waals surface area contributed by atoms with Crippen molar-refractivity contribution in [2.24, 2.45) is 0 Å². The molecule has 3 heteroatoms. The van der Waals surface area contributed by atoms with E-state index in [9.17, 15) is 0 Å². The van der Waals surface area contributed by atoms with Crippen molar-refractivity contribution in [3.8, 4) is 0 Å². The van der Waals surface area contributed by atoms with Crippen molar-refractivity contribution in [1.29, 1.82) is 0 Å². The first-order chi connectivity index (χ1) is 7.56. The Morgan fingerprint density at radius 2 is 2.00 bits per heavy atom. The van der Waals surface area contributed by atoms with E-state index in [4.69, 9.17) is 12.2 Å². The van der Waals surface area contributed by atoms with E-state index < -0.39 is 0 Å². The van der Waals surface area contributed by atoms with Gasteiger partial charge in [-0.1, -0.05) is 36.4 Å². The molecule has 0 radical (unpaired) electrons. The van der Waals surface area contributed by atoms with Gasteiger partial charge >= 0.3 is 0 Å². The van der Waals surface area contributed by atoms with Gasteiger partial charge in [-0.25, -0.2) is 0 Å². The summed E-state index contributed by atoms with van der Waals surface area (Å²) in [6, 6.07) is 10.2. The van der Waals surface area contributed by atoms with Crippen LogP contribution in [0.5, 0.6) is 0 Å². The van der Waals surface area contributed by atoms with Gasteiger partial charge in [0.15, 0.2) is 5.11 Å². The van der Waals surface area contributed by atoms with Gasteiger partial charge < -0.3 is 10.6 Å². The zero-order chi connectivity index (χ0) is 12.0. The molecule has 1 aromatic rings. The smallest absolute Gasteiger partial charge is 0.167 e. The molecule has 0 aromatic heterocycles. The van der Waals surface area contributed by atoms with E-state index in [1.54, 1.807) is 6.08 Å². The lowest BCUT2D eigenvalue weighted by molar-refractivity contribution is 0.483. The maximum absolute atomic E-state index is 5.20. The van der Waals surface area contributed by atoms with Gasteiger partial charge in [-0.3, -0.25) is 0 Å². The minimum atomic E-state index is -0.174. The van der Waals surface area contributed by atoms with E-state index in [1.165, 1.54) is 5.56 Å². The molecule has 2 nitrogen and oxygen atoms in total. The number of rotatable bonds is 4. The summed E-state index contributed by atoms with van der Waals surface area (Å²) in [6.07, 6.45) is 1.78. The van der Waals surface area contributed by atoms with E-state index in [2.05, 4.69) is 43.2 Å². The quantitative estimate of drug-likeness (QED) is 0.618. The summed E-state index contributed by atoms with van der Waals surface area (Å²) in [6.45, 7) is 8.52. The molecule has 0 saturated heterocycles. The molecule has 0 unspecified atom stereocenters. The lowest BCUT2D eigenvalue weighted by Gasteiger charge is -2.28. The molecule has 0 heterocycles. The molecule has 0 fully saturated rings. The molecule has 0 aliphatic carbocycles. The number of thiocarbonyl (C=S) groups is 1. The fraction of sp³-hybridized carbons (Fsp3) is 0.308. The Hall–Kier alpha value is -1.35. The summed E-state index contributed by atoms with van der Waals surface area (Å²) in [4.78, 5) is 0. The SMILES string of the molecule is C=CCNC(=S)NC(C)(C)c1ccccc1. The van der Waals surface area contributed by atoms with Crippen molar-refractivity contribution in [2.45, 2.75) is 19.4 Å². The Morgan fingerprint density at radius 3 is 2.56 bits per heavy atom. The summed E-state index contributed by atoms with van der Waals surface area (Å²) in [5.74, 6) is 0. The topological polar surface area (TPSA) is 24.1 Å². The van der Waals surface area contributed by atoms with Crippen LogP contribution in [0.2, 0.25) is 0 Å². The van der Waals surface area contributed by atoms with E-state index >= 15 is 0 Å². The van der Waals surface area contributed by atoms with Gasteiger partial charge in [-0.2, -0.15) is 0 Å². The van der Waals surface area contributed by atoms with Crippen LogP contribution in [0, 0.1) is 0 Å². The number of hydrogen-bond donors (Lipinski definition) is 2. The van der Waals surface area contributed by atoms with Crippen LogP contribution in [0.15, 0.2) is 43.0 Å². The first-order valence-corrected chi connectivity index (χ1v) is 5.69. The Bertz CT molecular complexity index is 357. The highest BCUT2D eigenvalue weighted by Gasteiger charge is 2.20. The van der Waals surface area contributed by atoms with Gasteiger partial charge in [0, 0.05) is 6.54 Å². The zero-order valence-corrected chi connectivity index (χ0v) is 10.6. The highest BCUT2D eigenvalue weighted by atomic mass is 32.1. The highest BCUT2D eigenvalue weighted by Crippen LogP contribution is 2.18. The molecule has 0 amide bonds. The fourth-order valence-electron chi connectivity index (χ4n) is 1.42. The summed E-state index contributed by atoms with van der Waals surface area (Å²) < 4.78 is 0. The first-order valence-electron chi connectivity index (χ1n) is 5.28. The summed E-state index contributed by atoms with van der Waals surface area (Å²) in [5.41, 5.74) is 1.03. The maximum atomic E-state index is 5.20. The van der Waals surface area contributed by atoms with Gasteiger partial charge in [0.05, 0.1) is 5.54 Å². The number of nitrogens with one attached hydrogen (secondary N) is 2. The van der Waals surface area contributed by atoms with Crippen LogP contribution in [-0.2, 0) is 5.54 Å². The Morgan fingerprint density at radius 1 is 1.38 bits per heavy atom. The Labute approximate surface area is 103 Å². The second-order valence-corrected chi connectivity index (χ2v) is 4.52. The average molecular weight is 234 g/mol. The molecule has 16 heavy (non-hydrogen) atoms. The van der Waals surface area contributed by atoms with E-state index in [1.807, 2.05) is 18.2 Å². The van der Waals surface area contributed by atoms with Gasteiger partial charge in [-0.05, 0) is 31.6 Å². The van der Waals surface area contributed by atoms with Gasteiger partial charge in [0.25, 0.3) is 0 Å². The van der Waals surface area contributed by atoms with Crippen LogP contribution in [0.3, 0.4) is 0 Å². The predicted octanol–water partition coefficient (Wildman–Crippen LogP) is 2.57. The third-order valence-electron chi connectivity index (χ3n) is 2.33. The molecule has 1 aromatic carbocycles. The Kier molecular flexibility index (Phi) is 4.50. The molecular formula is C13H18N2S. The molecular weight excluding hydrogens is 216 g/mol. The van der Waals surface area contributed by atoms with E-state index in [-0.39, 0.29) is 5.54 Å². The van der Waals surface area contributed by atoms with Crippen molar-refractivity contribution < 1.29 is 0 Å². The predicted molar refractivity (Wildman–Crippen MR) is 73.4 cm³/mol. The zero-order valence-electron chi connectivity index (χ0n) is 9.79. The highest BCUT2D eigenvalue weighted by molar-refractivity contribution is 7.80. The normalized spacial score (nSPS) is 10.6. The molecule has 86 valence electrons. The minimum Gasteiger partial charge on any atom is -0.359 e. The van der Waals surface area contributed by atoms with Crippen molar-refractivity contribution >= 4 is 17.3 Å². The van der Waals surface area contributed by atoms with Crippen molar-refractivity contribution in [1.82, 2.24) is 10.6 Å². The van der Waals surface area contributed by atoms with Crippen LogP contribution >= 0.6 is 12.2 Å². The lowest BCUT2D eigenvalue weighted by atomic mass is 9.95. The fourth-order valence-corrected chi connectivity index (χ4v) is 1.76. The lowest BCUT2D eigenvalue weighted by Crippen LogP contribution is -2.46. The van der Waals surface area contributed by atoms with Crippen LogP contribution in [-0.4, -0.2) is 11.7 Å². The molecule has 0 saturated carbocycles. The van der Waals surface area contributed by atoms with Crippen LogP contribution in [0.4, 0.5) is 0 Å². The summed E-state index contributed by atoms with van der Waals surface area (Å²) >= 11 is 5.20. The minimum absolute atomic E-state index is 0.174. The molecule has 0 aliphatic heterocycles. The molecule has 2 N–H and O–H groups in total. The van der Waals surface area contributed by atoms with Crippen molar-refractivity contribution in [3.05, 3.63) is 48.6 Å². The van der Waals surface area contributed by atoms with Gasteiger partial charge in [-0.15, -0.1) is 6.58 Å². The summed E-state index contributed by atoms with van der Waals surface area (Å²) in [5, 5.41) is 6.99. The molecule has 0 aliphatic rings. The number of hydrogen-bond acceptors (Lipinski definition) is 1. The Balaban J connectivity index is 2.65. The molecule has 0 atom stereocenters. The monoisotopic (exact) mass is 234 g/mol. The third kappa shape index (κ3) is 3.66. The van der Waals surface area contributed by atoms with Crippen LogP contribution in [0.1, 0.15) is 19.4 Å². The molecule has 1 rings (SSSR count). The first kappa shape index (κ1) is 12.7. The number of benzene rings is 1. The van der Waals surface area contributed by atoms with Crippen LogP contribution < -0.4 is 10.6 Å². The molecule has 0 bridgehead atoms. The summed E-state index contributed by atoms with van der Waals surface area (Å²) in [7, 11) is 0. The van der Waals surface area contributed by atoms with Crippen molar-refractivity contribution in [2.75, 3.05) is 6.54 Å². The largest absolute Gasteiger partial charge is 0.359 e. The second-order valence-electron chi connectivity index (χ2n) is 4.11. The van der Waals surface area contributed by atoms with E-state index in [0.717, 1.165) is 0 Å². The van der Waals surface area contributed by atoms with Gasteiger partial charge in [0.2, 0.25) is 0 Å². The molecule has 0 spiro atoms. The van der Waals surface area contributed by atoms with E-state index in [0.29, 0.717) is 11.7 Å². The standard InChI is InChI=1S/C13H18N2S/c1-4-10-14-12(16)15-13(2,3)11-8-6-5-7-9-11/h4-9H,1,10H2,2-3H3,(H2,14,15,16). The average Bonchev–Trinajstić information content (AvgIpc) is 2.27.